The van der Waals surface area contributed by atoms with Gasteiger partial charge in [-0.25, -0.2) is 0 Å². The molecule has 1 unspecified atom stereocenters. The lowest BCUT2D eigenvalue weighted by atomic mass is 9.84. The SMILES string of the molecule is O=S1OC[C@H]2[C@H](CO1)[C@H]1C=C[C@@H]2C1. The fourth-order valence-electron chi connectivity index (χ4n) is 2.82. The van der Waals surface area contributed by atoms with Gasteiger partial charge in [-0.15, -0.1) is 0 Å². The van der Waals surface area contributed by atoms with Crippen LogP contribution in [-0.4, -0.2) is 17.4 Å². The van der Waals surface area contributed by atoms with E-state index < -0.39 is 11.4 Å². The quantitative estimate of drug-likeness (QED) is 0.548. The van der Waals surface area contributed by atoms with Crippen molar-refractivity contribution in [2.24, 2.45) is 23.7 Å². The molecule has 3 nitrogen and oxygen atoms in total. The van der Waals surface area contributed by atoms with Gasteiger partial charge >= 0.3 is 11.4 Å². The van der Waals surface area contributed by atoms with Crippen molar-refractivity contribution in [2.75, 3.05) is 13.2 Å². The molecule has 2 aliphatic carbocycles. The van der Waals surface area contributed by atoms with Gasteiger partial charge in [0.2, 0.25) is 0 Å². The molecule has 0 N–H and O–H groups in total. The van der Waals surface area contributed by atoms with E-state index in [2.05, 4.69) is 12.2 Å². The van der Waals surface area contributed by atoms with Crippen molar-refractivity contribution in [3.8, 4) is 0 Å². The standard InChI is InChI=1S/C9H12O3S/c10-13-11-4-8-6-1-2-7(3-6)9(8)5-12-13/h1-2,6-9H,3-5H2/t6-,7+,8-,9-,13?/m1/s1. The van der Waals surface area contributed by atoms with Crippen LogP contribution in [0.3, 0.4) is 0 Å². The molecule has 0 aromatic carbocycles. The van der Waals surface area contributed by atoms with Gasteiger partial charge in [0.1, 0.15) is 0 Å². The van der Waals surface area contributed by atoms with Gasteiger partial charge in [-0.3, -0.25) is 8.37 Å². The lowest BCUT2D eigenvalue weighted by Gasteiger charge is -2.22. The van der Waals surface area contributed by atoms with Crippen molar-refractivity contribution >= 4 is 11.4 Å². The Morgan fingerprint density at radius 3 is 2.15 bits per heavy atom. The maximum atomic E-state index is 11.0. The molecule has 72 valence electrons. The van der Waals surface area contributed by atoms with E-state index in [1.807, 2.05) is 0 Å². The predicted octanol–water partition coefficient (Wildman–Crippen LogP) is 1.05. The highest BCUT2D eigenvalue weighted by Gasteiger charge is 2.46. The number of hydrogen-bond acceptors (Lipinski definition) is 3. The molecule has 4 heteroatoms. The smallest absolute Gasteiger partial charge is 0.268 e. The number of allylic oxidation sites excluding steroid dienone is 2. The fourth-order valence-corrected chi connectivity index (χ4v) is 3.43. The zero-order valence-corrected chi connectivity index (χ0v) is 8.03. The van der Waals surface area contributed by atoms with Crippen molar-refractivity contribution in [2.45, 2.75) is 6.42 Å². The van der Waals surface area contributed by atoms with Crippen molar-refractivity contribution in [3.05, 3.63) is 12.2 Å². The Morgan fingerprint density at radius 2 is 1.62 bits per heavy atom. The predicted molar refractivity (Wildman–Crippen MR) is 47.8 cm³/mol. The highest BCUT2D eigenvalue weighted by molar-refractivity contribution is 7.75. The van der Waals surface area contributed by atoms with Crippen molar-refractivity contribution < 1.29 is 12.6 Å². The normalized spacial score (nSPS) is 53.4. The van der Waals surface area contributed by atoms with Crippen LogP contribution in [-0.2, 0) is 19.7 Å². The third-order valence-corrected chi connectivity index (χ3v) is 4.17. The third-order valence-electron chi connectivity index (χ3n) is 3.51. The second-order valence-corrected chi connectivity index (χ2v) is 4.93. The van der Waals surface area contributed by atoms with E-state index >= 15 is 0 Å². The lowest BCUT2D eigenvalue weighted by Crippen LogP contribution is -2.24. The first kappa shape index (κ1) is 8.15. The van der Waals surface area contributed by atoms with Crippen molar-refractivity contribution in [3.63, 3.8) is 0 Å². The molecule has 1 heterocycles. The van der Waals surface area contributed by atoms with Gasteiger partial charge in [0.25, 0.3) is 0 Å². The number of hydrogen-bond donors (Lipinski definition) is 0. The van der Waals surface area contributed by atoms with Crippen LogP contribution in [0.4, 0.5) is 0 Å². The van der Waals surface area contributed by atoms with Gasteiger partial charge in [-0.2, -0.15) is 4.21 Å². The Kier molecular flexibility index (Phi) is 1.82. The Morgan fingerprint density at radius 1 is 1.08 bits per heavy atom. The molecule has 5 atom stereocenters. The minimum Gasteiger partial charge on any atom is -0.268 e. The maximum absolute atomic E-state index is 11.0. The topological polar surface area (TPSA) is 35.5 Å². The zero-order valence-electron chi connectivity index (χ0n) is 7.22. The molecular formula is C9H12O3S. The van der Waals surface area contributed by atoms with Crippen LogP contribution in [0.15, 0.2) is 12.2 Å². The summed E-state index contributed by atoms with van der Waals surface area (Å²) in [7, 11) is 0. The second kappa shape index (κ2) is 2.90. The molecule has 2 fully saturated rings. The van der Waals surface area contributed by atoms with Crippen molar-refractivity contribution in [1.82, 2.24) is 0 Å². The van der Waals surface area contributed by atoms with E-state index in [9.17, 15) is 4.21 Å². The summed E-state index contributed by atoms with van der Waals surface area (Å²) < 4.78 is 21.2. The van der Waals surface area contributed by atoms with Crippen LogP contribution < -0.4 is 0 Å². The summed E-state index contributed by atoms with van der Waals surface area (Å²) in [6.07, 6.45) is 5.81. The first-order valence-electron chi connectivity index (χ1n) is 4.71. The Balaban J connectivity index is 1.85. The average molecular weight is 200 g/mol. The summed E-state index contributed by atoms with van der Waals surface area (Å²) in [6.45, 7) is 1.20. The molecular weight excluding hydrogens is 188 g/mol. The molecule has 0 spiro atoms. The van der Waals surface area contributed by atoms with Gasteiger partial charge in [-0.1, -0.05) is 12.2 Å². The van der Waals surface area contributed by atoms with E-state index in [4.69, 9.17) is 8.37 Å². The summed E-state index contributed by atoms with van der Waals surface area (Å²) >= 11 is -1.50. The fraction of sp³-hybridized carbons (Fsp3) is 0.778. The molecule has 2 bridgehead atoms. The summed E-state index contributed by atoms with van der Waals surface area (Å²) in [5, 5.41) is 0. The molecule has 13 heavy (non-hydrogen) atoms. The number of fused-ring (bicyclic) bond motifs is 5. The van der Waals surface area contributed by atoms with E-state index in [0.29, 0.717) is 36.9 Å². The lowest BCUT2D eigenvalue weighted by molar-refractivity contribution is 0.197. The van der Waals surface area contributed by atoms with Gasteiger partial charge in [-0.05, 0) is 30.1 Å². The Bertz CT molecular complexity index is 252. The summed E-state index contributed by atoms with van der Waals surface area (Å²) in [5.74, 6) is 2.38. The summed E-state index contributed by atoms with van der Waals surface area (Å²) in [6, 6.07) is 0. The van der Waals surface area contributed by atoms with Crippen LogP contribution in [0.5, 0.6) is 0 Å². The molecule has 3 rings (SSSR count). The van der Waals surface area contributed by atoms with Gasteiger partial charge in [0.15, 0.2) is 0 Å². The summed E-state index contributed by atoms with van der Waals surface area (Å²) in [5.41, 5.74) is 0. The van der Waals surface area contributed by atoms with Crippen LogP contribution in [0.25, 0.3) is 0 Å². The van der Waals surface area contributed by atoms with Crippen LogP contribution in [0.1, 0.15) is 6.42 Å². The van der Waals surface area contributed by atoms with E-state index in [0.717, 1.165) is 0 Å². The highest BCUT2D eigenvalue weighted by Crippen LogP contribution is 2.48. The van der Waals surface area contributed by atoms with Gasteiger partial charge in [0, 0.05) is 0 Å². The van der Waals surface area contributed by atoms with E-state index in [1.165, 1.54) is 6.42 Å². The first-order valence-corrected chi connectivity index (χ1v) is 5.71. The van der Waals surface area contributed by atoms with E-state index in [1.54, 1.807) is 0 Å². The molecule has 0 aromatic rings. The van der Waals surface area contributed by atoms with Crippen LogP contribution in [0.2, 0.25) is 0 Å². The first-order chi connectivity index (χ1) is 6.34. The average Bonchev–Trinajstić information content (AvgIpc) is 2.66. The maximum Gasteiger partial charge on any atom is 0.304 e. The minimum atomic E-state index is -1.50. The second-order valence-electron chi connectivity index (χ2n) is 4.05. The Hall–Kier alpha value is -0.190. The molecule has 1 aliphatic heterocycles. The number of rotatable bonds is 0. The molecule has 1 saturated heterocycles. The monoisotopic (exact) mass is 200 g/mol. The van der Waals surface area contributed by atoms with E-state index in [-0.39, 0.29) is 0 Å². The largest absolute Gasteiger partial charge is 0.304 e. The molecule has 1 saturated carbocycles. The third kappa shape index (κ3) is 1.20. The Labute approximate surface area is 80.0 Å². The summed E-state index contributed by atoms with van der Waals surface area (Å²) in [4.78, 5) is 0. The van der Waals surface area contributed by atoms with Crippen molar-refractivity contribution in [1.29, 1.82) is 0 Å². The minimum absolute atomic E-state index is 0.543. The zero-order chi connectivity index (χ0) is 8.84. The highest BCUT2D eigenvalue weighted by atomic mass is 32.2. The van der Waals surface area contributed by atoms with Gasteiger partial charge in [0.05, 0.1) is 13.2 Å². The molecule has 3 aliphatic rings. The molecule has 0 amide bonds. The van der Waals surface area contributed by atoms with Crippen LogP contribution >= 0.6 is 0 Å². The van der Waals surface area contributed by atoms with Crippen LogP contribution in [0, 0.1) is 23.7 Å². The van der Waals surface area contributed by atoms with Gasteiger partial charge < -0.3 is 0 Å². The molecule has 0 aromatic heterocycles. The molecule has 0 radical (unpaired) electrons.